The third kappa shape index (κ3) is 3.48. The van der Waals surface area contributed by atoms with Crippen LogP contribution in [-0.4, -0.2) is 26.4 Å². The molecule has 7 heteroatoms. The summed E-state index contributed by atoms with van der Waals surface area (Å²) in [6.45, 7) is 1.62. The van der Waals surface area contributed by atoms with Crippen LogP contribution < -0.4 is 5.56 Å². The fourth-order valence-corrected chi connectivity index (χ4v) is 6.51. The molecule has 2 aromatic carbocycles. The number of thiophene rings is 1. The number of nitrogens with one attached hydrogen (secondary N) is 1. The van der Waals surface area contributed by atoms with Crippen LogP contribution in [0.1, 0.15) is 29.7 Å². The van der Waals surface area contributed by atoms with Gasteiger partial charge in [0, 0.05) is 4.88 Å². The highest BCUT2D eigenvalue weighted by atomic mass is 32.1. The molecule has 1 saturated heterocycles. The first-order valence-corrected chi connectivity index (χ1v) is 12.1. The van der Waals surface area contributed by atoms with Crippen molar-refractivity contribution in [1.82, 2.24) is 19.9 Å². The number of aromatic nitrogens is 3. The van der Waals surface area contributed by atoms with Crippen molar-refractivity contribution in [3.05, 3.63) is 81.8 Å². The van der Waals surface area contributed by atoms with E-state index < -0.39 is 0 Å². The van der Waals surface area contributed by atoms with Gasteiger partial charge < -0.3 is 4.98 Å². The van der Waals surface area contributed by atoms with Crippen LogP contribution in [0.4, 0.5) is 0 Å². The molecule has 3 aromatic heterocycles. The molecule has 0 radical (unpaired) electrons. The second kappa shape index (κ2) is 7.67. The number of nitrogens with zero attached hydrogens (tertiary/aromatic N) is 3. The molecule has 154 valence electrons. The van der Waals surface area contributed by atoms with E-state index in [1.807, 2.05) is 30.3 Å². The maximum atomic E-state index is 12.8. The predicted octanol–water partition coefficient (Wildman–Crippen LogP) is 5.60. The van der Waals surface area contributed by atoms with E-state index in [-0.39, 0.29) is 11.6 Å². The zero-order valence-electron chi connectivity index (χ0n) is 16.7. The highest BCUT2D eigenvalue weighted by Gasteiger charge is 2.29. The Morgan fingerprint density at radius 3 is 2.74 bits per heavy atom. The summed E-state index contributed by atoms with van der Waals surface area (Å²) in [5.41, 5.74) is 2.12. The SMILES string of the molecule is O=c1[nH]c(CN2CCC[C@@H]2c2nc3ccccc3s2)nc2sc(-c3ccccc3)cc12. The zero-order valence-corrected chi connectivity index (χ0v) is 18.4. The molecular weight excluding hydrogens is 424 g/mol. The largest absolute Gasteiger partial charge is 0.309 e. The number of thiazole rings is 1. The summed E-state index contributed by atoms with van der Waals surface area (Å²) in [6.07, 6.45) is 2.22. The van der Waals surface area contributed by atoms with Crippen molar-refractivity contribution in [2.24, 2.45) is 0 Å². The molecule has 1 N–H and O–H groups in total. The molecule has 1 atom stereocenters. The summed E-state index contributed by atoms with van der Waals surface area (Å²) in [4.78, 5) is 29.8. The molecule has 0 unspecified atom stereocenters. The molecule has 5 aromatic rings. The van der Waals surface area contributed by atoms with E-state index in [9.17, 15) is 4.79 Å². The normalized spacial score (nSPS) is 17.1. The maximum absolute atomic E-state index is 12.8. The number of H-pyrrole nitrogens is 1. The number of rotatable bonds is 4. The molecule has 0 saturated carbocycles. The van der Waals surface area contributed by atoms with Crippen LogP contribution in [0.5, 0.6) is 0 Å². The van der Waals surface area contributed by atoms with E-state index in [4.69, 9.17) is 9.97 Å². The second-order valence-electron chi connectivity index (χ2n) is 7.86. The van der Waals surface area contributed by atoms with Crippen LogP contribution in [0.3, 0.4) is 0 Å². The summed E-state index contributed by atoms with van der Waals surface area (Å²) in [5.74, 6) is 0.729. The van der Waals surface area contributed by atoms with Gasteiger partial charge in [0.25, 0.3) is 5.56 Å². The zero-order chi connectivity index (χ0) is 20.8. The van der Waals surface area contributed by atoms with Gasteiger partial charge in [-0.15, -0.1) is 22.7 Å². The summed E-state index contributed by atoms with van der Waals surface area (Å²) >= 11 is 3.35. The summed E-state index contributed by atoms with van der Waals surface area (Å²) in [7, 11) is 0. The monoisotopic (exact) mass is 444 g/mol. The molecule has 6 rings (SSSR count). The van der Waals surface area contributed by atoms with Gasteiger partial charge in [0.15, 0.2) is 0 Å². The highest BCUT2D eigenvalue weighted by molar-refractivity contribution is 7.21. The van der Waals surface area contributed by atoms with E-state index in [2.05, 4.69) is 40.2 Å². The Morgan fingerprint density at radius 1 is 1.03 bits per heavy atom. The van der Waals surface area contributed by atoms with Crippen molar-refractivity contribution in [3.8, 4) is 10.4 Å². The summed E-state index contributed by atoms with van der Waals surface area (Å²) in [6, 6.07) is 20.7. The topological polar surface area (TPSA) is 61.9 Å². The maximum Gasteiger partial charge on any atom is 0.259 e. The molecule has 1 aliphatic heterocycles. The smallest absolute Gasteiger partial charge is 0.259 e. The lowest BCUT2D eigenvalue weighted by molar-refractivity contribution is 0.242. The molecule has 0 bridgehead atoms. The standard InChI is InChI=1S/C24H20N4OS2/c29-22-16-13-20(15-7-2-1-3-8-15)31-23(16)27-21(26-22)14-28-12-6-10-18(28)24-25-17-9-4-5-11-19(17)30-24/h1-5,7-9,11,13,18H,6,10,12,14H2,(H,26,27,29)/t18-/m1/s1. The van der Waals surface area contributed by atoms with Crippen molar-refractivity contribution in [1.29, 1.82) is 0 Å². The fraction of sp³-hybridized carbons (Fsp3) is 0.208. The molecule has 1 fully saturated rings. The van der Waals surface area contributed by atoms with Gasteiger partial charge in [-0.3, -0.25) is 9.69 Å². The predicted molar refractivity (Wildman–Crippen MR) is 128 cm³/mol. The van der Waals surface area contributed by atoms with E-state index >= 15 is 0 Å². The third-order valence-corrected chi connectivity index (χ3v) is 8.04. The lowest BCUT2D eigenvalue weighted by atomic mass is 10.2. The van der Waals surface area contributed by atoms with Gasteiger partial charge in [-0.1, -0.05) is 42.5 Å². The van der Waals surface area contributed by atoms with Gasteiger partial charge in [0.1, 0.15) is 15.7 Å². The van der Waals surface area contributed by atoms with Crippen LogP contribution >= 0.6 is 22.7 Å². The van der Waals surface area contributed by atoms with Crippen molar-refractivity contribution in [3.63, 3.8) is 0 Å². The Labute approximate surface area is 187 Å². The van der Waals surface area contributed by atoms with Crippen LogP contribution in [0.2, 0.25) is 0 Å². The molecule has 0 spiro atoms. The second-order valence-corrected chi connectivity index (χ2v) is 9.95. The van der Waals surface area contributed by atoms with E-state index in [1.165, 1.54) is 4.70 Å². The van der Waals surface area contributed by atoms with Crippen molar-refractivity contribution >= 4 is 43.1 Å². The van der Waals surface area contributed by atoms with Gasteiger partial charge in [-0.25, -0.2) is 9.97 Å². The molecule has 1 aliphatic rings. The van der Waals surface area contributed by atoms with Gasteiger partial charge in [-0.2, -0.15) is 0 Å². The molecule has 0 amide bonds. The Kier molecular flexibility index (Phi) is 4.67. The minimum atomic E-state index is -0.0610. The van der Waals surface area contributed by atoms with Crippen LogP contribution in [0.15, 0.2) is 65.5 Å². The highest BCUT2D eigenvalue weighted by Crippen LogP contribution is 2.37. The van der Waals surface area contributed by atoms with Gasteiger partial charge >= 0.3 is 0 Å². The van der Waals surface area contributed by atoms with Crippen LogP contribution in [0, 0.1) is 0 Å². The molecule has 0 aliphatic carbocycles. The van der Waals surface area contributed by atoms with Crippen molar-refractivity contribution < 1.29 is 0 Å². The van der Waals surface area contributed by atoms with E-state index in [0.29, 0.717) is 11.9 Å². The minimum Gasteiger partial charge on any atom is -0.309 e. The first kappa shape index (κ1) is 18.9. The van der Waals surface area contributed by atoms with Crippen molar-refractivity contribution in [2.75, 3.05) is 6.54 Å². The quantitative estimate of drug-likeness (QED) is 0.392. The van der Waals surface area contributed by atoms with Gasteiger partial charge in [0.05, 0.1) is 28.2 Å². The summed E-state index contributed by atoms with van der Waals surface area (Å²) < 4.78 is 1.23. The summed E-state index contributed by atoms with van der Waals surface area (Å²) in [5, 5.41) is 1.82. The number of likely N-dealkylation sites (tertiary alicyclic amines) is 1. The number of hydrogen-bond donors (Lipinski definition) is 1. The number of benzene rings is 2. The first-order chi connectivity index (χ1) is 15.2. The van der Waals surface area contributed by atoms with Gasteiger partial charge in [0.2, 0.25) is 0 Å². The Hall–Kier alpha value is -2.87. The molecular formula is C24H20N4OS2. The lowest BCUT2D eigenvalue weighted by Crippen LogP contribution is -2.25. The number of aromatic amines is 1. The van der Waals surface area contributed by atoms with Gasteiger partial charge in [-0.05, 0) is 43.1 Å². The molecule has 5 nitrogen and oxygen atoms in total. The Morgan fingerprint density at radius 2 is 1.87 bits per heavy atom. The number of fused-ring (bicyclic) bond motifs is 2. The Balaban J connectivity index is 1.31. The average molecular weight is 445 g/mol. The number of para-hydroxylation sites is 1. The number of hydrogen-bond acceptors (Lipinski definition) is 6. The van der Waals surface area contributed by atoms with Crippen LogP contribution in [-0.2, 0) is 6.54 Å². The lowest BCUT2D eigenvalue weighted by Gasteiger charge is -2.21. The van der Waals surface area contributed by atoms with E-state index in [0.717, 1.165) is 51.0 Å². The Bertz CT molecular complexity index is 1400. The molecule has 4 heterocycles. The third-order valence-electron chi connectivity index (χ3n) is 5.82. The minimum absolute atomic E-state index is 0.0610. The van der Waals surface area contributed by atoms with Crippen molar-refractivity contribution in [2.45, 2.75) is 25.4 Å². The van der Waals surface area contributed by atoms with E-state index in [1.54, 1.807) is 22.7 Å². The average Bonchev–Trinajstić information content (AvgIpc) is 3.52. The molecule has 31 heavy (non-hydrogen) atoms. The van der Waals surface area contributed by atoms with Crippen LogP contribution in [0.25, 0.3) is 30.9 Å². The fourth-order valence-electron chi connectivity index (χ4n) is 4.32. The first-order valence-electron chi connectivity index (χ1n) is 10.4.